The van der Waals surface area contributed by atoms with Gasteiger partial charge in [-0.3, -0.25) is 24.6 Å². The lowest BCUT2D eigenvalue weighted by atomic mass is 10.0. The van der Waals surface area contributed by atoms with Gasteiger partial charge in [-0.2, -0.15) is 0 Å². The normalized spacial score (nSPS) is 23.7. The Kier molecular flexibility index (Phi) is 8.44. The number of ether oxygens (including phenoxy) is 1. The number of rotatable bonds is 8. The molecule has 0 radical (unpaired) electrons. The van der Waals surface area contributed by atoms with Gasteiger partial charge in [0, 0.05) is 63.0 Å². The van der Waals surface area contributed by atoms with Gasteiger partial charge in [-0.25, -0.2) is 4.39 Å². The lowest BCUT2D eigenvalue weighted by Crippen LogP contribution is -2.52. The number of fused-ring (bicyclic) bond motifs is 1. The molecule has 3 amide bonds. The van der Waals surface area contributed by atoms with Gasteiger partial charge in [-0.05, 0) is 79.9 Å². The standard InChI is InChI=1S/C32H40FN5O4/c1-2-35-13-15-36(16-14-35)28-9-6-24(33)17-23(28)19-37-12-4-3-5-25(37)21-42-26-7-8-27-22(18-26)20-38(32(27)41)29-10-11-30(39)34-31(29)40/h6-9,17-18,25,29H,2-5,10-16,19-21H2,1H3,(H,34,39,40). The maximum atomic E-state index is 14.4. The van der Waals surface area contributed by atoms with Crippen LogP contribution < -0.4 is 15.0 Å². The zero-order valence-electron chi connectivity index (χ0n) is 24.3. The van der Waals surface area contributed by atoms with Crippen LogP contribution in [0.4, 0.5) is 10.1 Å². The second-order valence-corrected chi connectivity index (χ2v) is 11.8. The largest absolute Gasteiger partial charge is 0.492 e. The van der Waals surface area contributed by atoms with Crippen LogP contribution >= 0.6 is 0 Å². The summed E-state index contributed by atoms with van der Waals surface area (Å²) in [6, 6.07) is 10.3. The summed E-state index contributed by atoms with van der Waals surface area (Å²) in [4.78, 5) is 45.8. The van der Waals surface area contributed by atoms with E-state index in [1.807, 2.05) is 18.2 Å². The summed E-state index contributed by atoms with van der Waals surface area (Å²) in [7, 11) is 0. The number of amides is 3. The van der Waals surface area contributed by atoms with Crippen LogP contribution in [0.1, 0.15) is 60.5 Å². The number of carbonyl (C=O) groups is 3. The SMILES string of the molecule is CCN1CCN(c2ccc(F)cc2CN2CCCCC2COc2ccc3c(c2)CN(C2CCC(=O)NC2=O)C3=O)CC1. The van der Waals surface area contributed by atoms with E-state index >= 15 is 0 Å². The molecule has 0 aromatic heterocycles. The van der Waals surface area contributed by atoms with Gasteiger partial charge in [0.1, 0.15) is 24.2 Å². The summed E-state index contributed by atoms with van der Waals surface area (Å²) in [5, 5.41) is 2.35. The van der Waals surface area contributed by atoms with Crippen molar-refractivity contribution in [3.05, 3.63) is 58.9 Å². The predicted molar refractivity (Wildman–Crippen MR) is 157 cm³/mol. The van der Waals surface area contributed by atoms with Crippen molar-refractivity contribution in [2.45, 2.75) is 64.2 Å². The number of piperidine rings is 2. The van der Waals surface area contributed by atoms with Crippen molar-refractivity contribution in [3.63, 3.8) is 0 Å². The lowest BCUT2D eigenvalue weighted by molar-refractivity contribution is -0.136. The molecule has 0 saturated carbocycles. The van der Waals surface area contributed by atoms with Crippen LogP contribution in [0.2, 0.25) is 0 Å². The molecule has 2 unspecified atom stereocenters. The smallest absolute Gasteiger partial charge is 0.255 e. The van der Waals surface area contributed by atoms with Crippen LogP contribution in [0, 0.1) is 5.82 Å². The molecule has 2 aromatic rings. The van der Waals surface area contributed by atoms with Gasteiger partial charge >= 0.3 is 0 Å². The zero-order chi connectivity index (χ0) is 29.2. The highest BCUT2D eigenvalue weighted by atomic mass is 19.1. The molecular weight excluding hydrogens is 537 g/mol. The van der Waals surface area contributed by atoms with Crippen molar-refractivity contribution in [2.75, 3.05) is 50.8 Å². The Balaban J connectivity index is 1.11. The molecule has 3 saturated heterocycles. The van der Waals surface area contributed by atoms with Crippen molar-refractivity contribution in [2.24, 2.45) is 0 Å². The van der Waals surface area contributed by atoms with Gasteiger partial charge in [0.05, 0.1) is 0 Å². The summed E-state index contributed by atoms with van der Waals surface area (Å²) in [5.41, 5.74) is 3.55. The summed E-state index contributed by atoms with van der Waals surface area (Å²) in [6.45, 7) is 9.61. The average Bonchev–Trinajstić information content (AvgIpc) is 3.32. The maximum absolute atomic E-state index is 14.4. The predicted octanol–water partition coefficient (Wildman–Crippen LogP) is 3.16. The Morgan fingerprint density at radius 1 is 0.976 bits per heavy atom. The third-order valence-electron chi connectivity index (χ3n) is 9.26. The highest BCUT2D eigenvalue weighted by molar-refractivity contribution is 6.05. The minimum atomic E-state index is -0.633. The van der Waals surface area contributed by atoms with E-state index in [2.05, 4.69) is 26.9 Å². The number of likely N-dealkylation sites (tertiary alicyclic amines) is 1. The summed E-state index contributed by atoms with van der Waals surface area (Å²) < 4.78 is 20.7. The quantitative estimate of drug-likeness (QED) is 0.483. The van der Waals surface area contributed by atoms with Crippen molar-refractivity contribution >= 4 is 23.4 Å². The molecule has 224 valence electrons. The minimum absolute atomic E-state index is 0.188. The first-order valence-electron chi connectivity index (χ1n) is 15.3. The van der Waals surface area contributed by atoms with E-state index in [1.165, 1.54) is 0 Å². The monoisotopic (exact) mass is 577 g/mol. The molecule has 2 atom stereocenters. The number of likely N-dealkylation sites (N-methyl/N-ethyl adjacent to an activating group) is 1. The molecule has 42 heavy (non-hydrogen) atoms. The van der Waals surface area contributed by atoms with Crippen molar-refractivity contribution < 1.29 is 23.5 Å². The van der Waals surface area contributed by atoms with Crippen LogP contribution in [-0.4, -0.2) is 90.4 Å². The number of piperazine rings is 1. The van der Waals surface area contributed by atoms with Crippen LogP contribution in [0.25, 0.3) is 0 Å². The number of halogens is 1. The number of hydrogen-bond acceptors (Lipinski definition) is 7. The number of nitrogens with zero attached hydrogens (tertiary/aromatic N) is 4. The van der Waals surface area contributed by atoms with E-state index < -0.39 is 11.9 Å². The second kappa shape index (κ2) is 12.4. The summed E-state index contributed by atoms with van der Waals surface area (Å²) >= 11 is 0. The van der Waals surface area contributed by atoms with E-state index in [9.17, 15) is 18.8 Å². The number of carbonyl (C=O) groups excluding carboxylic acids is 3. The molecule has 3 fully saturated rings. The topological polar surface area (TPSA) is 85.4 Å². The van der Waals surface area contributed by atoms with E-state index in [1.54, 1.807) is 23.1 Å². The first-order valence-corrected chi connectivity index (χ1v) is 15.3. The number of hydrogen-bond donors (Lipinski definition) is 1. The number of benzene rings is 2. The minimum Gasteiger partial charge on any atom is -0.492 e. The Hall–Kier alpha value is -3.50. The molecule has 6 rings (SSSR count). The zero-order valence-corrected chi connectivity index (χ0v) is 24.3. The van der Waals surface area contributed by atoms with Crippen molar-refractivity contribution in [1.29, 1.82) is 0 Å². The Morgan fingerprint density at radius 3 is 2.60 bits per heavy atom. The van der Waals surface area contributed by atoms with Crippen LogP contribution in [-0.2, 0) is 22.7 Å². The third-order valence-corrected chi connectivity index (χ3v) is 9.26. The van der Waals surface area contributed by atoms with Gasteiger partial charge in [0.25, 0.3) is 5.91 Å². The molecule has 0 spiro atoms. The number of nitrogens with one attached hydrogen (secondary N) is 1. The van der Waals surface area contributed by atoms with Gasteiger partial charge in [0.2, 0.25) is 11.8 Å². The Morgan fingerprint density at radius 2 is 1.81 bits per heavy atom. The fourth-order valence-electron chi connectivity index (χ4n) is 6.80. The molecule has 0 aliphatic carbocycles. The maximum Gasteiger partial charge on any atom is 0.255 e. The van der Waals surface area contributed by atoms with Gasteiger partial charge in [-0.15, -0.1) is 0 Å². The third kappa shape index (κ3) is 6.01. The molecule has 0 bridgehead atoms. The molecular formula is C32H40FN5O4. The molecule has 4 heterocycles. The van der Waals surface area contributed by atoms with Gasteiger partial charge in [-0.1, -0.05) is 13.3 Å². The van der Waals surface area contributed by atoms with E-state index in [-0.39, 0.29) is 30.1 Å². The van der Waals surface area contributed by atoms with Crippen molar-refractivity contribution in [3.8, 4) is 5.75 Å². The summed E-state index contributed by atoms with van der Waals surface area (Å²) in [5.74, 6) is -0.407. The highest BCUT2D eigenvalue weighted by Gasteiger charge is 2.39. The second-order valence-electron chi connectivity index (χ2n) is 11.8. The number of imide groups is 1. The Bertz CT molecular complexity index is 1340. The van der Waals surface area contributed by atoms with E-state index in [4.69, 9.17) is 4.74 Å². The molecule has 9 nitrogen and oxygen atoms in total. The fourth-order valence-corrected chi connectivity index (χ4v) is 6.80. The molecule has 1 N–H and O–H groups in total. The van der Waals surface area contributed by atoms with Crippen LogP contribution in [0.15, 0.2) is 36.4 Å². The molecule has 10 heteroatoms. The first-order chi connectivity index (χ1) is 20.4. The average molecular weight is 578 g/mol. The van der Waals surface area contributed by atoms with Crippen LogP contribution in [0.3, 0.4) is 0 Å². The van der Waals surface area contributed by atoms with Crippen LogP contribution in [0.5, 0.6) is 5.75 Å². The summed E-state index contributed by atoms with van der Waals surface area (Å²) in [6.07, 6.45) is 3.81. The molecule has 2 aromatic carbocycles. The Labute approximate surface area is 246 Å². The van der Waals surface area contributed by atoms with E-state index in [0.29, 0.717) is 37.4 Å². The van der Waals surface area contributed by atoms with E-state index in [0.717, 1.165) is 75.3 Å². The molecule has 4 aliphatic heterocycles. The van der Waals surface area contributed by atoms with Crippen molar-refractivity contribution in [1.82, 2.24) is 20.0 Å². The highest BCUT2D eigenvalue weighted by Crippen LogP contribution is 2.31. The van der Waals surface area contributed by atoms with Gasteiger partial charge in [0.15, 0.2) is 0 Å². The number of anilines is 1. The molecule has 4 aliphatic rings. The first kappa shape index (κ1) is 28.6. The lowest BCUT2D eigenvalue weighted by Gasteiger charge is -2.39. The fraction of sp³-hybridized carbons (Fsp3) is 0.531. The van der Waals surface area contributed by atoms with Gasteiger partial charge < -0.3 is 19.4 Å².